The number of carbonyl (C=O) groups is 2. The highest BCUT2D eigenvalue weighted by Gasteiger charge is 2.64. The van der Waals surface area contributed by atoms with Gasteiger partial charge in [0.15, 0.2) is 0 Å². The van der Waals surface area contributed by atoms with E-state index < -0.39 is 0 Å². The highest BCUT2D eigenvalue weighted by molar-refractivity contribution is 5.77. The van der Waals surface area contributed by atoms with Gasteiger partial charge >= 0.3 is 0 Å². The molecule has 0 aromatic rings. The van der Waals surface area contributed by atoms with Gasteiger partial charge in [0.25, 0.3) is 0 Å². The van der Waals surface area contributed by atoms with Crippen molar-refractivity contribution in [2.45, 2.75) is 201 Å². The number of unbranched alkanes of at least 4 members (excludes halogenated alkanes) is 11. The third kappa shape index (κ3) is 11.6. The van der Waals surface area contributed by atoms with E-state index in [1.54, 1.807) is 4.90 Å². The van der Waals surface area contributed by atoms with Gasteiger partial charge in [-0.2, -0.15) is 0 Å². The van der Waals surface area contributed by atoms with E-state index in [1.165, 1.54) is 96.3 Å². The van der Waals surface area contributed by atoms with Crippen molar-refractivity contribution in [3.05, 3.63) is 12.2 Å². The first-order valence-electron chi connectivity index (χ1n) is 23.0. The van der Waals surface area contributed by atoms with Gasteiger partial charge in [0.2, 0.25) is 11.8 Å². The van der Waals surface area contributed by atoms with Gasteiger partial charge in [-0.15, -0.1) is 0 Å². The van der Waals surface area contributed by atoms with Crippen molar-refractivity contribution < 1.29 is 19.8 Å². The number of aliphatic hydroxyl groups is 2. The molecule has 4 rings (SSSR count). The molecule has 0 spiro atoms. The molecule has 4 fully saturated rings. The van der Waals surface area contributed by atoms with Crippen molar-refractivity contribution in [3.8, 4) is 0 Å². The maximum Gasteiger partial charge on any atom is 0.222 e. The van der Waals surface area contributed by atoms with E-state index in [4.69, 9.17) is 0 Å². The van der Waals surface area contributed by atoms with Crippen LogP contribution in [0.3, 0.4) is 0 Å². The number of amides is 2. The molecule has 6 nitrogen and oxygen atoms in total. The fourth-order valence-corrected chi connectivity index (χ4v) is 12.6. The lowest BCUT2D eigenvalue weighted by Crippen LogP contribution is -2.62. The summed E-state index contributed by atoms with van der Waals surface area (Å²) in [5, 5.41) is 25.7. The Morgan fingerprint density at radius 3 is 2.09 bits per heavy atom. The zero-order valence-electron chi connectivity index (χ0n) is 35.4. The normalized spacial score (nSPS) is 34.3. The number of likely N-dealkylation sites (N-methyl/N-ethyl adjacent to an activating group) is 1. The average molecular weight is 741 g/mol. The van der Waals surface area contributed by atoms with E-state index in [1.807, 2.05) is 7.05 Å². The molecular weight excluding hydrogens is 657 g/mol. The Hall–Kier alpha value is -1.40. The van der Waals surface area contributed by atoms with Crippen LogP contribution in [0.5, 0.6) is 0 Å². The molecule has 0 aromatic heterocycles. The minimum absolute atomic E-state index is 0.102. The van der Waals surface area contributed by atoms with Gasteiger partial charge in [0.1, 0.15) is 0 Å². The van der Waals surface area contributed by atoms with Gasteiger partial charge in [0.05, 0.1) is 12.2 Å². The summed E-state index contributed by atoms with van der Waals surface area (Å²) in [5.74, 6) is 3.55. The van der Waals surface area contributed by atoms with E-state index >= 15 is 0 Å². The van der Waals surface area contributed by atoms with Crippen LogP contribution in [0.1, 0.15) is 189 Å². The molecule has 1 unspecified atom stereocenters. The van der Waals surface area contributed by atoms with E-state index in [-0.39, 0.29) is 34.9 Å². The number of allylic oxidation sites excluding steroid dienone is 2. The highest BCUT2D eigenvalue weighted by atomic mass is 16.3. The second-order valence-corrected chi connectivity index (χ2v) is 19.1. The molecule has 0 heterocycles. The van der Waals surface area contributed by atoms with Gasteiger partial charge in [-0.3, -0.25) is 9.59 Å². The predicted octanol–water partition coefficient (Wildman–Crippen LogP) is 10.6. The standard InChI is InChI=1S/C47H84N2O4/c1-7-9-10-11-12-13-14-15-16-17-18-19-20-21-22-23-43(52)49(6)33-32-48-42(51)27-24-35(3)38-25-26-39-44-40(29-31-46(38,39)4)47(5)30-28-36(50)34-41(47)37(8-2)45(44)53/h15-16,35-41,44-45,50,53H,7-14,17-34H2,1-6H3,(H,48,51)/t35-,36-,37-,38?,39+,40+,41+,44+,45-,46-,47-/m1/s1. The molecular formula is C47H84N2O4. The summed E-state index contributed by atoms with van der Waals surface area (Å²) in [6, 6.07) is 0. The lowest BCUT2D eigenvalue weighted by Gasteiger charge is -2.64. The van der Waals surface area contributed by atoms with Crippen LogP contribution in [0.4, 0.5) is 0 Å². The SMILES string of the molecule is CCCCCCCCC=CCCCCCCCC(=O)N(C)CCNC(=O)CC[C@@H](C)C1CC[C@H]2[C@@H]3[C@H](O)[C@H](CC)[C@@H]4C[C@H](O)CC[C@]4(C)[C@H]3CC[C@]12C. The zero-order chi connectivity index (χ0) is 38.4. The maximum absolute atomic E-state index is 12.9. The van der Waals surface area contributed by atoms with Crippen molar-refractivity contribution in [1.82, 2.24) is 10.2 Å². The summed E-state index contributed by atoms with van der Waals surface area (Å²) in [5.41, 5.74) is 0.455. The third-order valence-corrected chi connectivity index (χ3v) is 15.8. The highest BCUT2D eigenvalue weighted by Crippen LogP contribution is 2.69. The number of carbonyl (C=O) groups excluding carboxylic acids is 2. The van der Waals surface area contributed by atoms with E-state index in [9.17, 15) is 19.8 Å². The first kappa shape index (κ1) is 44.3. The quantitative estimate of drug-likeness (QED) is 0.0719. The molecule has 0 bridgehead atoms. The summed E-state index contributed by atoms with van der Waals surface area (Å²) < 4.78 is 0. The van der Waals surface area contributed by atoms with Gasteiger partial charge in [0, 0.05) is 33.0 Å². The van der Waals surface area contributed by atoms with Crippen molar-refractivity contribution in [3.63, 3.8) is 0 Å². The van der Waals surface area contributed by atoms with Crippen LogP contribution in [0.2, 0.25) is 0 Å². The lowest BCUT2D eigenvalue weighted by molar-refractivity contribution is -0.203. The third-order valence-electron chi connectivity index (χ3n) is 15.8. The molecule has 4 aliphatic carbocycles. The van der Waals surface area contributed by atoms with Crippen molar-refractivity contribution in [1.29, 1.82) is 0 Å². The summed E-state index contributed by atoms with van der Waals surface area (Å²) in [4.78, 5) is 27.4. The lowest BCUT2D eigenvalue weighted by atomic mass is 9.41. The number of hydrogen-bond donors (Lipinski definition) is 3. The zero-order valence-corrected chi connectivity index (χ0v) is 35.4. The van der Waals surface area contributed by atoms with Crippen LogP contribution in [-0.4, -0.2) is 59.3 Å². The molecule has 0 radical (unpaired) electrons. The van der Waals surface area contributed by atoms with Crippen molar-refractivity contribution >= 4 is 11.8 Å². The van der Waals surface area contributed by atoms with E-state index in [0.717, 1.165) is 44.9 Å². The Balaban J connectivity index is 1.08. The summed E-state index contributed by atoms with van der Waals surface area (Å²) in [6.45, 7) is 13.0. The minimum atomic E-state index is -0.259. The molecule has 4 saturated carbocycles. The Morgan fingerprint density at radius 2 is 1.42 bits per heavy atom. The fraction of sp³-hybridized carbons (Fsp3) is 0.915. The van der Waals surface area contributed by atoms with Crippen molar-refractivity contribution in [2.24, 2.45) is 52.3 Å². The van der Waals surface area contributed by atoms with Crippen LogP contribution in [0, 0.1) is 52.3 Å². The molecule has 0 aliphatic heterocycles. The van der Waals surface area contributed by atoms with Crippen LogP contribution >= 0.6 is 0 Å². The van der Waals surface area contributed by atoms with Crippen LogP contribution < -0.4 is 5.32 Å². The molecule has 0 aromatic carbocycles. The number of hydrogen-bond acceptors (Lipinski definition) is 4. The largest absolute Gasteiger partial charge is 0.393 e. The molecule has 11 atom stereocenters. The summed E-state index contributed by atoms with van der Waals surface area (Å²) in [6.07, 6.45) is 31.4. The van der Waals surface area contributed by atoms with Gasteiger partial charge in [-0.05, 0) is 136 Å². The first-order valence-corrected chi connectivity index (χ1v) is 23.0. The summed E-state index contributed by atoms with van der Waals surface area (Å²) >= 11 is 0. The Morgan fingerprint density at radius 1 is 0.792 bits per heavy atom. The average Bonchev–Trinajstić information content (AvgIpc) is 3.50. The summed E-state index contributed by atoms with van der Waals surface area (Å²) in [7, 11) is 1.87. The second kappa shape index (κ2) is 21.8. The molecule has 2 amide bonds. The minimum Gasteiger partial charge on any atom is -0.393 e. The number of nitrogens with zero attached hydrogens (tertiary/aromatic N) is 1. The second-order valence-electron chi connectivity index (χ2n) is 19.1. The van der Waals surface area contributed by atoms with Gasteiger partial charge < -0.3 is 20.4 Å². The smallest absolute Gasteiger partial charge is 0.222 e. The molecule has 53 heavy (non-hydrogen) atoms. The topological polar surface area (TPSA) is 89.9 Å². The van der Waals surface area contributed by atoms with E-state index in [2.05, 4.69) is 52.1 Å². The van der Waals surface area contributed by atoms with Gasteiger partial charge in [-0.1, -0.05) is 105 Å². The monoisotopic (exact) mass is 741 g/mol. The Bertz CT molecular complexity index is 1130. The van der Waals surface area contributed by atoms with Crippen molar-refractivity contribution in [2.75, 3.05) is 20.1 Å². The molecule has 3 N–H and O–H groups in total. The fourth-order valence-electron chi connectivity index (χ4n) is 12.6. The van der Waals surface area contributed by atoms with Gasteiger partial charge in [-0.25, -0.2) is 0 Å². The first-order chi connectivity index (χ1) is 25.5. The molecule has 0 saturated heterocycles. The Kier molecular flexibility index (Phi) is 18.2. The van der Waals surface area contributed by atoms with E-state index in [0.29, 0.717) is 67.4 Å². The number of fused-ring (bicyclic) bond motifs is 5. The molecule has 306 valence electrons. The Labute approximate surface area is 326 Å². The van der Waals surface area contributed by atoms with Crippen LogP contribution in [-0.2, 0) is 9.59 Å². The predicted molar refractivity (Wildman–Crippen MR) is 220 cm³/mol. The number of aliphatic hydroxyl groups excluding tert-OH is 2. The number of rotatable bonds is 23. The van der Waals surface area contributed by atoms with Crippen LogP contribution in [0.25, 0.3) is 0 Å². The molecule has 6 heteroatoms. The van der Waals surface area contributed by atoms with Crippen LogP contribution in [0.15, 0.2) is 12.2 Å². The maximum atomic E-state index is 12.9. The number of nitrogens with one attached hydrogen (secondary N) is 1. The molecule has 4 aliphatic rings.